The maximum atomic E-state index is 6.23. The number of benzene rings is 1. The van der Waals surface area contributed by atoms with Gasteiger partial charge < -0.3 is 8.83 Å². The average Bonchev–Trinajstić information content (AvgIpc) is 3.90. The smallest absolute Gasteiger partial charge is 0.144 e. The minimum atomic E-state index is 0.987. The second kappa shape index (κ2) is 19.5. The van der Waals surface area contributed by atoms with Crippen LogP contribution in [0.3, 0.4) is 0 Å². The molecule has 0 unspecified atom stereocenters. The first-order valence-electron chi connectivity index (χ1n) is 18.9. The molecule has 0 atom stereocenters. The number of furan rings is 2. The van der Waals surface area contributed by atoms with Crippen LogP contribution in [0.1, 0.15) is 152 Å². The number of fused-ring (bicyclic) bond motifs is 2. The summed E-state index contributed by atoms with van der Waals surface area (Å²) in [5, 5.41) is 2.32. The van der Waals surface area contributed by atoms with Crippen LogP contribution in [0, 0.1) is 0 Å². The molecule has 0 bridgehead atoms. The molecule has 0 aliphatic heterocycles. The van der Waals surface area contributed by atoms with Gasteiger partial charge >= 0.3 is 0 Å². The molecule has 0 radical (unpaired) electrons. The molecule has 0 fully saturated rings. The quantitative estimate of drug-likeness (QED) is 0.0617. The van der Waals surface area contributed by atoms with Gasteiger partial charge in [-0.2, -0.15) is 0 Å². The monoisotopic (exact) mass is 658 g/mol. The third kappa shape index (κ3) is 9.86. The van der Waals surface area contributed by atoms with Gasteiger partial charge in [0, 0.05) is 41.4 Å². The summed E-state index contributed by atoms with van der Waals surface area (Å²) in [5.74, 6) is 0. The van der Waals surface area contributed by atoms with Crippen molar-refractivity contribution in [2.45, 2.75) is 155 Å². The Labute approximate surface area is 287 Å². The summed E-state index contributed by atoms with van der Waals surface area (Å²) in [6.07, 6.45) is 33.7. The van der Waals surface area contributed by atoms with Gasteiger partial charge in [0.05, 0.1) is 12.5 Å². The Kier molecular flexibility index (Phi) is 14.8. The van der Waals surface area contributed by atoms with Crippen molar-refractivity contribution in [1.29, 1.82) is 0 Å². The van der Waals surface area contributed by atoms with Gasteiger partial charge in [-0.25, -0.2) is 0 Å². The van der Waals surface area contributed by atoms with Crippen LogP contribution >= 0.6 is 22.7 Å². The maximum Gasteiger partial charge on any atom is 0.144 e. The molecule has 0 saturated heterocycles. The van der Waals surface area contributed by atoms with E-state index in [1.165, 1.54) is 172 Å². The van der Waals surface area contributed by atoms with Gasteiger partial charge in [-0.3, -0.25) is 0 Å². The SMILES string of the molecule is CCCCCCCCCCCCc1ccc(-c2c3ccoc3c(-c3ccc(CCCCCCCCCCCC)s3)c3ccoc23)s1. The normalized spacial score (nSPS) is 11.9. The summed E-state index contributed by atoms with van der Waals surface area (Å²) in [5.41, 5.74) is 4.35. The molecule has 0 aliphatic carbocycles. The van der Waals surface area contributed by atoms with Crippen LogP contribution in [0.15, 0.2) is 57.8 Å². The zero-order chi connectivity index (χ0) is 31.8. The summed E-state index contributed by atoms with van der Waals surface area (Å²) in [7, 11) is 0. The number of unbranched alkanes of at least 4 members (excludes halogenated alkanes) is 18. The van der Waals surface area contributed by atoms with Crippen LogP contribution in [0.2, 0.25) is 0 Å². The zero-order valence-electron chi connectivity index (χ0n) is 28.8. The standard InChI is InChI=1S/C42H58O2S2/c1-3-5-7-9-11-13-15-17-19-21-23-33-25-27-37(45-33)39-35-29-31-44-42(35)40(36-30-32-43-41(36)39)38-28-26-34(46-38)24-22-20-18-16-14-12-10-8-6-4-2/h25-32H,3-24H2,1-2H3. The van der Waals surface area contributed by atoms with Crippen molar-refractivity contribution >= 4 is 44.6 Å². The Hall–Kier alpha value is -2.30. The topological polar surface area (TPSA) is 26.3 Å². The van der Waals surface area contributed by atoms with E-state index in [9.17, 15) is 0 Å². The van der Waals surface area contributed by atoms with Crippen LogP contribution < -0.4 is 0 Å². The number of rotatable bonds is 24. The predicted molar refractivity (Wildman–Crippen MR) is 204 cm³/mol. The van der Waals surface area contributed by atoms with E-state index in [1.54, 1.807) is 0 Å². The summed E-state index contributed by atoms with van der Waals surface area (Å²) in [4.78, 5) is 5.52. The Morgan fingerprint density at radius 2 is 0.761 bits per heavy atom. The Bertz CT molecular complexity index is 1380. The van der Waals surface area contributed by atoms with Gasteiger partial charge in [-0.1, -0.05) is 129 Å². The lowest BCUT2D eigenvalue weighted by atomic mass is 9.99. The largest absolute Gasteiger partial charge is 0.464 e. The van der Waals surface area contributed by atoms with Crippen LogP contribution in [-0.2, 0) is 12.8 Å². The first-order chi connectivity index (χ1) is 22.8. The molecule has 4 heterocycles. The van der Waals surface area contributed by atoms with E-state index < -0.39 is 0 Å². The van der Waals surface area contributed by atoms with Crippen molar-refractivity contribution in [2.75, 3.05) is 0 Å². The summed E-state index contributed by atoms with van der Waals surface area (Å²) < 4.78 is 12.5. The fourth-order valence-corrected chi connectivity index (χ4v) is 9.21. The minimum Gasteiger partial charge on any atom is -0.464 e. The highest BCUT2D eigenvalue weighted by Gasteiger charge is 2.23. The van der Waals surface area contributed by atoms with Gasteiger partial charge in [0.25, 0.3) is 0 Å². The highest BCUT2D eigenvalue weighted by atomic mass is 32.1. The fourth-order valence-electron chi connectivity index (χ4n) is 7.00. The molecule has 5 rings (SSSR count). The van der Waals surface area contributed by atoms with Crippen molar-refractivity contribution in [1.82, 2.24) is 0 Å². The number of hydrogen-bond donors (Lipinski definition) is 0. The number of thiophene rings is 2. The molecule has 0 amide bonds. The number of aryl methyl sites for hydroxylation is 2. The molecule has 0 saturated carbocycles. The lowest BCUT2D eigenvalue weighted by Gasteiger charge is -2.08. The van der Waals surface area contributed by atoms with Gasteiger partial charge in [0.15, 0.2) is 0 Å². The summed E-state index contributed by atoms with van der Waals surface area (Å²) in [6, 6.07) is 13.5. The lowest BCUT2D eigenvalue weighted by molar-refractivity contribution is 0.557. The highest BCUT2D eigenvalue weighted by molar-refractivity contribution is 7.16. The van der Waals surface area contributed by atoms with Gasteiger partial charge in [-0.05, 0) is 62.1 Å². The maximum absolute atomic E-state index is 6.23. The second-order valence-electron chi connectivity index (χ2n) is 13.5. The molecule has 46 heavy (non-hydrogen) atoms. The van der Waals surface area contributed by atoms with E-state index in [1.807, 2.05) is 35.2 Å². The van der Waals surface area contributed by atoms with Crippen LogP contribution in [0.5, 0.6) is 0 Å². The molecule has 4 aromatic heterocycles. The molecule has 1 aromatic carbocycles. The molecule has 0 aliphatic rings. The third-order valence-corrected chi connectivity index (χ3v) is 12.0. The third-order valence-electron chi connectivity index (χ3n) is 9.69. The van der Waals surface area contributed by atoms with Crippen LogP contribution in [0.25, 0.3) is 42.8 Å². The average molecular weight is 659 g/mol. The van der Waals surface area contributed by atoms with E-state index in [4.69, 9.17) is 8.83 Å². The lowest BCUT2D eigenvalue weighted by Crippen LogP contribution is -1.84. The zero-order valence-corrected chi connectivity index (χ0v) is 30.4. The molecule has 250 valence electrons. The first kappa shape index (κ1) is 35.0. The van der Waals surface area contributed by atoms with Crippen molar-refractivity contribution in [3.63, 3.8) is 0 Å². The van der Waals surface area contributed by atoms with Crippen molar-refractivity contribution in [2.24, 2.45) is 0 Å². The van der Waals surface area contributed by atoms with Crippen molar-refractivity contribution < 1.29 is 8.83 Å². The molecular weight excluding hydrogens is 601 g/mol. The molecule has 4 heteroatoms. The molecule has 2 nitrogen and oxygen atoms in total. The second-order valence-corrected chi connectivity index (χ2v) is 15.8. The van der Waals surface area contributed by atoms with Gasteiger partial charge in [0.1, 0.15) is 11.2 Å². The van der Waals surface area contributed by atoms with E-state index >= 15 is 0 Å². The molecule has 0 spiro atoms. The van der Waals surface area contributed by atoms with E-state index in [2.05, 4.69) is 50.2 Å². The highest BCUT2D eigenvalue weighted by Crippen LogP contribution is 2.47. The fraction of sp³-hybridized carbons (Fsp3) is 0.571. The van der Waals surface area contributed by atoms with E-state index in [-0.39, 0.29) is 0 Å². The molecular formula is C42H58O2S2. The van der Waals surface area contributed by atoms with Crippen LogP contribution in [0.4, 0.5) is 0 Å². The first-order valence-corrected chi connectivity index (χ1v) is 20.5. The Balaban J connectivity index is 1.16. The Morgan fingerprint density at radius 1 is 0.413 bits per heavy atom. The minimum absolute atomic E-state index is 0.987. The van der Waals surface area contributed by atoms with Gasteiger partial charge in [-0.15, -0.1) is 22.7 Å². The predicted octanol–water partition coefficient (Wildman–Crippen LogP) is 15.6. The van der Waals surface area contributed by atoms with E-state index in [0.29, 0.717) is 0 Å². The van der Waals surface area contributed by atoms with Gasteiger partial charge in [0.2, 0.25) is 0 Å². The van der Waals surface area contributed by atoms with Crippen molar-refractivity contribution in [3.8, 4) is 20.9 Å². The van der Waals surface area contributed by atoms with E-state index in [0.717, 1.165) is 21.9 Å². The summed E-state index contributed by atoms with van der Waals surface area (Å²) in [6.45, 7) is 4.59. The molecule has 5 aromatic rings. The molecule has 0 N–H and O–H groups in total. The summed E-state index contributed by atoms with van der Waals surface area (Å²) >= 11 is 3.86. The number of hydrogen-bond acceptors (Lipinski definition) is 4. The Morgan fingerprint density at radius 3 is 1.13 bits per heavy atom. The van der Waals surface area contributed by atoms with Crippen LogP contribution in [-0.4, -0.2) is 0 Å². The van der Waals surface area contributed by atoms with Crippen molar-refractivity contribution in [3.05, 3.63) is 58.7 Å².